The summed E-state index contributed by atoms with van der Waals surface area (Å²) in [5.74, 6) is 0.462. The van der Waals surface area contributed by atoms with E-state index in [1.165, 1.54) is 5.56 Å². The molecule has 2 aliphatic rings. The number of nitrogens with zero attached hydrogens (tertiary/aromatic N) is 1. The lowest BCUT2D eigenvalue weighted by Crippen LogP contribution is -2.40. The lowest BCUT2D eigenvalue weighted by atomic mass is 9.90. The smallest absolute Gasteiger partial charge is 0.228 e. The molecule has 1 N–H and O–H groups in total. The van der Waals surface area contributed by atoms with Crippen LogP contribution in [-0.4, -0.2) is 29.8 Å². The SMILES string of the molecule is O=C(Nc1ccccc1)C1CC12CCN(C(=O)CCc1ccccc1)CC2. The molecular weight excluding hydrogens is 336 g/mol. The Hall–Kier alpha value is -2.62. The van der Waals surface area contributed by atoms with Crippen molar-refractivity contribution in [1.29, 1.82) is 0 Å². The predicted molar refractivity (Wildman–Crippen MR) is 106 cm³/mol. The summed E-state index contributed by atoms with van der Waals surface area (Å²) in [6, 6.07) is 19.8. The van der Waals surface area contributed by atoms with Crippen molar-refractivity contribution in [2.45, 2.75) is 32.1 Å². The molecular formula is C23H26N2O2. The molecule has 4 rings (SSSR count). The third kappa shape index (κ3) is 4.05. The molecule has 0 bridgehead atoms. The van der Waals surface area contributed by atoms with Crippen molar-refractivity contribution in [3.8, 4) is 0 Å². The Bertz CT molecular complexity index is 796. The average molecular weight is 362 g/mol. The Kier molecular flexibility index (Phi) is 4.97. The first-order chi connectivity index (χ1) is 13.2. The molecule has 2 aromatic rings. The number of carbonyl (C=O) groups excluding carboxylic acids is 2. The van der Waals surface area contributed by atoms with E-state index in [1.54, 1.807) is 0 Å². The first-order valence-corrected chi connectivity index (χ1v) is 9.84. The molecule has 1 saturated carbocycles. The van der Waals surface area contributed by atoms with Gasteiger partial charge in [-0.3, -0.25) is 9.59 Å². The molecule has 4 nitrogen and oxygen atoms in total. The largest absolute Gasteiger partial charge is 0.343 e. The van der Waals surface area contributed by atoms with Crippen LogP contribution in [0.1, 0.15) is 31.2 Å². The third-order valence-electron chi connectivity index (χ3n) is 6.13. The van der Waals surface area contributed by atoms with Crippen LogP contribution in [0.3, 0.4) is 0 Å². The molecule has 2 amide bonds. The molecule has 1 atom stereocenters. The number of hydrogen-bond acceptors (Lipinski definition) is 2. The van der Waals surface area contributed by atoms with Crippen molar-refractivity contribution in [2.75, 3.05) is 18.4 Å². The number of nitrogens with one attached hydrogen (secondary N) is 1. The van der Waals surface area contributed by atoms with Crippen molar-refractivity contribution >= 4 is 17.5 Å². The summed E-state index contributed by atoms with van der Waals surface area (Å²) in [7, 11) is 0. The van der Waals surface area contributed by atoms with Crippen LogP contribution in [0.5, 0.6) is 0 Å². The van der Waals surface area contributed by atoms with Gasteiger partial charge in [0.15, 0.2) is 0 Å². The number of rotatable bonds is 5. The van der Waals surface area contributed by atoms with Crippen molar-refractivity contribution in [2.24, 2.45) is 11.3 Å². The highest BCUT2D eigenvalue weighted by molar-refractivity contribution is 5.95. The molecule has 1 saturated heterocycles. The molecule has 4 heteroatoms. The van der Waals surface area contributed by atoms with Crippen LogP contribution in [0.15, 0.2) is 60.7 Å². The lowest BCUT2D eigenvalue weighted by Gasteiger charge is -2.33. The zero-order chi connectivity index (χ0) is 18.7. The summed E-state index contributed by atoms with van der Waals surface area (Å²) in [5.41, 5.74) is 2.19. The number of para-hydroxylation sites is 1. The standard InChI is InChI=1S/C23H26N2O2/c26-21(12-11-18-7-3-1-4-8-18)25-15-13-23(14-16-25)17-20(23)22(27)24-19-9-5-2-6-10-19/h1-10,20H,11-17H2,(H,24,27). The second-order valence-electron chi connectivity index (χ2n) is 7.84. The summed E-state index contributed by atoms with van der Waals surface area (Å²) >= 11 is 0. The number of piperidine rings is 1. The van der Waals surface area contributed by atoms with E-state index in [1.807, 2.05) is 53.4 Å². The van der Waals surface area contributed by atoms with Crippen LogP contribution in [0, 0.1) is 11.3 Å². The third-order valence-corrected chi connectivity index (χ3v) is 6.13. The number of carbonyl (C=O) groups is 2. The fourth-order valence-electron chi connectivity index (χ4n) is 4.28. The maximum absolute atomic E-state index is 12.5. The van der Waals surface area contributed by atoms with Crippen molar-refractivity contribution in [3.63, 3.8) is 0 Å². The van der Waals surface area contributed by atoms with E-state index >= 15 is 0 Å². The van der Waals surface area contributed by atoms with E-state index in [0.29, 0.717) is 6.42 Å². The van der Waals surface area contributed by atoms with E-state index in [-0.39, 0.29) is 23.1 Å². The van der Waals surface area contributed by atoms with Crippen molar-refractivity contribution < 1.29 is 9.59 Å². The minimum Gasteiger partial charge on any atom is -0.343 e. The minimum absolute atomic E-state index is 0.0966. The van der Waals surface area contributed by atoms with Crippen molar-refractivity contribution in [1.82, 2.24) is 4.90 Å². The Labute approximate surface area is 160 Å². The number of likely N-dealkylation sites (tertiary alicyclic amines) is 1. The van der Waals surface area contributed by atoms with E-state index in [0.717, 1.165) is 44.5 Å². The summed E-state index contributed by atoms with van der Waals surface area (Å²) in [4.78, 5) is 27.0. The second-order valence-corrected chi connectivity index (χ2v) is 7.84. The van der Waals surface area contributed by atoms with Crippen molar-refractivity contribution in [3.05, 3.63) is 66.2 Å². The molecule has 27 heavy (non-hydrogen) atoms. The predicted octanol–water partition coefficient (Wildman–Crippen LogP) is 3.89. The van der Waals surface area contributed by atoms with Gasteiger partial charge in [0.25, 0.3) is 0 Å². The monoisotopic (exact) mass is 362 g/mol. The van der Waals surface area contributed by atoms with Gasteiger partial charge < -0.3 is 10.2 Å². The van der Waals surface area contributed by atoms with Crippen LogP contribution in [-0.2, 0) is 16.0 Å². The molecule has 1 aliphatic carbocycles. The Balaban J connectivity index is 1.24. The van der Waals surface area contributed by atoms with Crippen LogP contribution in [0.25, 0.3) is 0 Å². The Morgan fingerprint density at radius 1 is 0.963 bits per heavy atom. The van der Waals surface area contributed by atoms with E-state index < -0.39 is 0 Å². The van der Waals surface area contributed by atoms with E-state index in [9.17, 15) is 9.59 Å². The van der Waals surface area contributed by atoms with Gasteiger partial charge >= 0.3 is 0 Å². The molecule has 0 radical (unpaired) electrons. The van der Waals surface area contributed by atoms with Gasteiger partial charge in [-0.05, 0) is 48.8 Å². The molecule has 140 valence electrons. The van der Waals surface area contributed by atoms with E-state index in [4.69, 9.17) is 0 Å². The van der Waals surface area contributed by atoms with Gasteiger partial charge in [-0.2, -0.15) is 0 Å². The molecule has 0 aromatic heterocycles. The number of anilines is 1. The van der Waals surface area contributed by atoms with Crippen LogP contribution < -0.4 is 5.32 Å². The summed E-state index contributed by atoms with van der Waals surface area (Å²) in [6.07, 6.45) is 4.20. The highest BCUT2D eigenvalue weighted by atomic mass is 16.2. The van der Waals surface area contributed by atoms with Gasteiger partial charge in [-0.25, -0.2) is 0 Å². The van der Waals surface area contributed by atoms with Gasteiger partial charge in [-0.15, -0.1) is 0 Å². The second kappa shape index (κ2) is 7.55. The molecule has 2 fully saturated rings. The first kappa shape index (κ1) is 17.8. The summed E-state index contributed by atoms with van der Waals surface area (Å²) in [5, 5.41) is 3.03. The fraction of sp³-hybridized carbons (Fsp3) is 0.391. The number of benzene rings is 2. The number of amides is 2. The lowest BCUT2D eigenvalue weighted by molar-refractivity contribution is -0.132. The molecule has 1 unspecified atom stereocenters. The Morgan fingerprint density at radius 3 is 2.26 bits per heavy atom. The van der Waals surface area contributed by atoms with Gasteiger partial charge in [0.05, 0.1) is 0 Å². The summed E-state index contributed by atoms with van der Waals surface area (Å²) in [6.45, 7) is 1.56. The first-order valence-electron chi connectivity index (χ1n) is 9.84. The van der Waals surface area contributed by atoms with Crippen LogP contribution >= 0.6 is 0 Å². The molecule has 1 heterocycles. The van der Waals surface area contributed by atoms with Gasteiger partial charge in [0.1, 0.15) is 0 Å². The maximum Gasteiger partial charge on any atom is 0.228 e. The minimum atomic E-state index is 0.0966. The maximum atomic E-state index is 12.5. The normalized spacial score (nSPS) is 20.3. The van der Waals surface area contributed by atoms with Gasteiger partial charge in [-0.1, -0.05) is 48.5 Å². The fourth-order valence-corrected chi connectivity index (χ4v) is 4.28. The Morgan fingerprint density at radius 2 is 1.59 bits per heavy atom. The average Bonchev–Trinajstić information content (AvgIpc) is 3.42. The summed E-state index contributed by atoms with van der Waals surface area (Å²) < 4.78 is 0. The van der Waals surface area contributed by atoms with E-state index in [2.05, 4.69) is 17.4 Å². The van der Waals surface area contributed by atoms with Gasteiger partial charge in [0.2, 0.25) is 11.8 Å². The zero-order valence-electron chi connectivity index (χ0n) is 15.6. The molecule has 1 spiro atoms. The molecule has 1 aliphatic heterocycles. The topological polar surface area (TPSA) is 49.4 Å². The number of hydrogen-bond donors (Lipinski definition) is 1. The number of aryl methyl sites for hydroxylation is 1. The quantitative estimate of drug-likeness (QED) is 0.877. The van der Waals surface area contributed by atoms with Crippen LogP contribution in [0.4, 0.5) is 5.69 Å². The van der Waals surface area contributed by atoms with Gasteiger partial charge in [0, 0.05) is 31.1 Å². The highest BCUT2D eigenvalue weighted by Gasteiger charge is 2.58. The van der Waals surface area contributed by atoms with Crippen LogP contribution in [0.2, 0.25) is 0 Å². The zero-order valence-corrected chi connectivity index (χ0v) is 15.6. The molecule has 2 aromatic carbocycles. The highest BCUT2D eigenvalue weighted by Crippen LogP contribution is 2.59.